The second kappa shape index (κ2) is 8.08. The van der Waals surface area contributed by atoms with Gasteiger partial charge in [0.05, 0.1) is 13.0 Å². The van der Waals surface area contributed by atoms with E-state index >= 15 is 0 Å². The van der Waals surface area contributed by atoms with Gasteiger partial charge in [0.2, 0.25) is 5.91 Å². The van der Waals surface area contributed by atoms with Crippen LogP contribution >= 0.6 is 0 Å². The first-order chi connectivity index (χ1) is 13.7. The molecule has 1 aromatic heterocycles. The zero-order valence-corrected chi connectivity index (χ0v) is 15.7. The summed E-state index contributed by atoms with van der Waals surface area (Å²) in [7, 11) is 0. The number of carbonyl (C=O) groups is 1. The molecule has 6 nitrogen and oxygen atoms in total. The van der Waals surface area contributed by atoms with E-state index in [2.05, 4.69) is 45.5 Å². The van der Waals surface area contributed by atoms with Crippen molar-refractivity contribution in [3.63, 3.8) is 0 Å². The predicted molar refractivity (Wildman–Crippen MR) is 109 cm³/mol. The normalized spacial score (nSPS) is 15.2. The summed E-state index contributed by atoms with van der Waals surface area (Å²) in [6, 6.07) is 21.8. The Morgan fingerprint density at radius 3 is 2.64 bits per heavy atom. The summed E-state index contributed by atoms with van der Waals surface area (Å²) in [4.78, 5) is 14.3. The lowest BCUT2D eigenvalue weighted by molar-refractivity contribution is -0.116. The molecule has 1 atom stereocenters. The van der Waals surface area contributed by atoms with Crippen molar-refractivity contribution in [2.45, 2.75) is 25.8 Å². The van der Waals surface area contributed by atoms with Crippen LogP contribution in [0.1, 0.15) is 18.9 Å². The number of fused-ring (bicyclic) bond motifs is 1. The van der Waals surface area contributed by atoms with E-state index < -0.39 is 0 Å². The molecule has 0 saturated heterocycles. The number of nitrogens with one attached hydrogen (secondary N) is 1. The lowest BCUT2D eigenvalue weighted by atomic mass is 10.1. The average molecular weight is 374 g/mol. The van der Waals surface area contributed by atoms with Crippen molar-refractivity contribution in [2.24, 2.45) is 0 Å². The second-order valence-corrected chi connectivity index (χ2v) is 6.79. The molecule has 0 bridgehead atoms. The van der Waals surface area contributed by atoms with Gasteiger partial charge in [0.15, 0.2) is 11.6 Å². The number of anilines is 3. The van der Waals surface area contributed by atoms with Gasteiger partial charge in [-0.25, -0.2) is 0 Å². The van der Waals surface area contributed by atoms with Crippen molar-refractivity contribution in [3.8, 4) is 5.75 Å². The highest BCUT2D eigenvalue weighted by molar-refractivity contribution is 5.89. The van der Waals surface area contributed by atoms with Gasteiger partial charge in [-0.05, 0) is 49.2 Å². The molecule has 1 N–H and O–H groups in total. The third-order valence-electron chi connectivity index (χ3n) is 4.71. The minimum atomic E-state index is -0.155. The van der Waals surface area contributed by atoms with Crippen LogP contribution in [-0.2, 0) is 11.2 Å². The number of carbonyl (C=O) groups excluding carboxylic acids is 1. The number of aromatic nitrogens is 2. The van der Waals surface area contributed by atoms with Crippen molar-refractivity contribution in [1.29, 1.82) is 0 Å². The van der Waals surface area contributed by atoms with Crippen molar-refractivity contribution in [1.82, 2.24) is 10.2 Å². The summed E-state index contributed by atoms with van der Waals surface area (Å²) >= 11 is 0. The summed E-state index contributed by atoms with van der Waals surface area (Å²) in [5.74, 6) is 1.81. The number of amides is 1. The molecule has 0 saturated carbocycles. The van der Waals surface area contributed by atoms with Gasteiger partial charge >= 0.3 is 0 Å². The van der Waals surface area contributed by atoms with Crippen LogP contribution in [0.5, 0.6) is 5.75 Å². The molecule has 28 heavy (non-hydrogen) atoms. The van der Waals surface area contributed by atoms with E-state index in [0.717, 1.165) is 18.0 Å². The highest BCUT2D eigenvalue weighted by atomic mass is 16.5. The molecule has 0 spiro atoms. The standard InChI is InChI=1S/C22H22N4O2/c1-16-15-17-7-5-6-10-19(17)26(16)21-12-11-20(24-25-21)23-22(27)13-14-28-18-8-3-2-4-9-18/h2-12,16H,13-15H2,1H3,(H,23,24,27). The summed E-state index contributed by atoms with van der Waals surface area (Å²) in [6.07, 6.45) is 1.23. The number of para-hydroxylation sites is 2. The predicted octanol–water partition coefficient (Wildman–Crippen LogP) is 3.97. The highest BCUT2D eigenvalue weighted by Crippen LogP contribution is 2.36. The number of ether oxygens (including phenoxy) is 1. The number of hydrogen-bond donors (Lipinski definition) is 1. The van der Waals surface area contributed by atoms with Gasteiger partial charge in [-0.1, -0.05) is 36.4 Å². The molecule has 0 aliphatic carbocycles. The Bertz CT molecular complexity index is 944. The Hall–Kier alpha value is -3.41. The third kappa shape index (κ3) is 3.96. The molecule has 142 valence electrons. The monoisotopic (exact) mass is 374 g/mol. The molecule has 0 radical (unpaired) electrons. The number of nitrogens with zero attached hydrogens (tertiary/aromatic N) is 3. The van der Waals surface area contributed by atoms with E-state index in [1.54, 1.807) is 6.07 Å². The molecule has 1 amide bonds. The number of rotatable bonds is 6. The zero-order chi connectivity index (χ0) is 19.3. The summed E-state index contributed by atoms with van der Waals surface area (Å²) < 4.78 is 5.54. The van der Waals surface area contributed by atoms with Gasteiger partial charge in [-0.15, -0.1) is 10.2 Å². The lowest BCUT2D eigenvalue weighted by Gasteiger charge is -2.23. The molecule has 0 fully saturated rings. The molecular formula is C22H22N4O2. The van der Waals surface area contributed by atoms with Crippen LogP contribution in [0.15, 0.2) is 66.7 Å². The number of hydrogen-bond acceptors (Lipinski definition) is 5. The van der Waals surface area contributed by atoms with Crippen LogP contribution in [0.25, 0.3) is 0 Å². The molecule has 6 heteroatoms. The molecule has 3 aromatic rings. The van der Waals surface area contributed by atoms with E-state index in [1.807, 2.05) is 42.5 Å². The molecule has 1 aliphatic rings. The summed E-state index contributed by atoms with van der Waals surface area (Å²) in [5, 5.41) is 11.3. The second-order valence-electron chi connectivity index (χ2n) is 6.79. The fourth-order valence-corrected chi connectivity index (χ4v) is 3.42. The van der Waals surface area contributed by atoms with Crippen molar-refractivity contribution >= 4 is 23.2 Å². The maximum absolute atomic E-state index is 12.1. The molecule has 2 aromatic carbocycles. The van der Waals surface area contributed by atoms with Crippen LogP contribution in [-0.4, -0.2) is 28.8 Å². The number of benzene rings is 2. The fourth-order valence-electron chi connectivity index (χ4n) is 3.42. The Kier molecular flexibility index (Phi) is 5.19. The van der Waals surface area contributed by atoms with Crippen molar-refractivity contribution in [2.75, 3.05) is 16.8 Å². The molecule has 4 rings (SSSR count). The highest BCUT2D eigenvalue weighted by Gasteiger charge is 2.27. The largest absolute Gasteiger partial charge is 0.493 e. The van der Waals surface area contributed by atoms with Gasteiger partial charge in [0.25, 0.3) is 0 Å². The van der Waals surface area contributed by atoms with E-state index in [0.29, 0.717) is 18.5 Å². The Labute approximate surface area is 164 Å². The maximum atomic E-state index is 12.1. The minimum Gasteiger partial charge on any atom is -0.493 e. The van der Waals surface area contributed by atoms with Gasteiger partial charge in [-0.2, -0.15) is 0 Å². The van der Waals surface area contributed by atoms with Gasteiger partial charge < -0.3 is 15.0 Å². The van der Waals surface area contributed by atoms with Gasteiger partial charge in [0.1, 0.15) is 5.75 Å². The first kappa shape index (κ1) is 18.0. The Balaban J connectivity index is 1.34. The average Bonchev–Trinajstić information content (AvgIpc) is 3.05. The molecular weight excluding hydrogens is 352 g/mol. The van der Waals surface area contributed by atoms with Crippen LogP contribution in [0.4, 0.5) is 17.3 Å². The Morgan fingerprint density at radius 2 is 1.86 bits per heavy atom. The maximum Gasteiger partial charge on any atom is 0.229 e. The van der Waals surface area contributed by atoms with E-state index in [-0.39, 0.29) is 12.3 Å². The van der Waals surface area contributed by atoms with Crippen LogP contribution in [0, 0.1) is 0 Å². The molecule has 2 heterocycles. The summed E-state index contributed by atoms with van der Waals surface area (Å²) in [6.45, 7) is 2.48. The van der Waals surface area contributed by atoms with E-state index in [1.165, 1.54) is 11.3 Å². The fraction of sp³-hybridized carbons (Fsp3) is 0.227. The quantitative estimate of drug-likeness (QED) is 0.707. The van der Waals surface area contributed by atoms with Gasteiger partial charge in [-0.3, -0.25) is 4.79 Å². The smallest absolute Gasteiger partial charge is 0.229 e. The van der Waals surface area contributed by atoms with E-state index in [4.69, 9.17) is 4.74 Å². The first-order valence-corrected chi connectivity index (χ1v) is 9.39. The Morgan fingerprint density at radius 1 is 1.07 bits per heavy atom. The first-order valence-electron chi connectivity index (χ1n) is 9.39. The molecule has 1 unspecified atom stereocenters. The van der Waals surface area contributed by atoms with Crippen LogP contribution in [0.2, 0.25) is 0 Å². The van der Waals surface area contributed by atoms with Crippen molar-refractivity contribution in [3.05, 3.63) is 72.3 Å². The topological polar surface area (TPSA) is 67.4 Å². The lowest BCUT2D eigenvalue weighted by Crippen LogP contribution is -2.25. The molecule has 1 aliphatic heterocycles. The minimum absolute atomic E-state index is 0.155. The SMILES string of the molecule is CC1Cc2ccccc2N1c1ccc(NC(=O)CCOc2ccccc2)nn1. The van der Waals surface area contributed by atoms with Crippen LogP contribution < -0.4 is 15.0 Å². The van der Waals surface area contributed by atoms with Crippen molar-refractivity contribution < 1.29 is 9.53 Å². The summed E-state index contributed by atoms with van der Waals surface area (Å²) in [5.41, 5.74) is 2.48. The third-order valence-corrected chi connectivity index (χ3v) is 4.71. The van der Waals surface area contributed by atoms with E-state index in [9.17, 15) is 4.79 Å². The van der Waals surface area contributed by atoms with Gasteiger partial charge in [0, 0.05) is 11.7 Å². The zero-order valence-electron chi connectivity index (χ0n) is 15.7. The van der Waals surface area contributed by atoms with Crippen LogP contribution in [0.3, 0.4) is 0 Å².